The smallest absolute Gasteiger partial charge is 0.412 e. The molecule has 2 aromatic rings. The third kappa shape index (κ3) is 6.40. The number of carbonyl (C=O) groups is 3. The molecular weight excluding hydrogens is 386 g/mol. The van der Waals surface area contributed by atoms with E-state index in [1.807, 2.05) is 18.2 Å². The summed E-state index contributed by atoms with van der Waals surface area (Å²) in [5.74, 6) is -1.34. The number of nitrogens with one attached hydrogen (secondary N) is 2. The van der Waals surface area contributed by atoms with Crippen LogP contribution in [0.2, 0.25) is 0 Å². The van der Waals surface area contributed by atoms with E-state index < -0.39 is 18.0 Å². The number of esters is 2. The van der Waals surface area contributed by atoms with Crippen molar-refractivity contribution >= 4 is 34.5 Å². The monoisotopic (exact) mass is 405 g/mol. The summed E-state index contributed by atoms with van der Waals surface area (Å²) in [5.41, 5.74) is 0.750. The summed E-state index contributed by atoms with van der Waals surface area (Å²) in [6, 6.07) is 9.09. The van der Waals surface area contributed by atoms with Crippen molar-refractivity contribution in [3.63, 3.8) is 0 Å². The van der Waals surface area contributed by atoms with Gasteiger partial charge < -0.3 is 19.5 Å². The molecule has 1 heterocycles. The zero-order valence-corrected chi connectivity index (χ0v) is 16.1. The number of nitrogens with zero attached hydrogens (tertiary/aromatic N) is 1. The number of amides is 1. The van der Waals surface area contributed by atoms with Crippen molar-refractivity contribution in [1.82, 2.24) is 10.3 Å². The first-order valence-corrected chi connectivity index (χ1v) is 9.06. The summed E-state index contributed by atoms with van der Waals surface area (Å²) in [6.45, 7) is 1.97. The number of aromatic nitrogens is 1. The number of anilines is 1. The summed E-state index contributed by atoms with van der Waals surface area (Å²) in [5, 5.41) is 6.86. The van der Waals surface area contributed by atoms with Gasteiger partial charge in [-0.1, -0.05) is 30.3 Å². The fraction of sp³-hybridized carbons (Fsp3) is 0.222. The molecule has 0 aliphatic heterocycles. The van der Waals surface area contributed by atoms with Gasteiger partial charge in [0, 0.05) is 11.6 Å². The number of alkyl carbamates (subject to hydrolysis) is 1. The number of hydrogen-bond donors (Lipinski definition) is 2. The van der Waals surface area contributed by atoms with Crippen molar-refractivity contribution in [1.29, 1.82) is 0 Å². The molecule has 2 N–H and O–H groups in total. The fourth-order valence-corrected chi connectivity index (χ4v) is 2.55. The Morgan fingerprint density at radius 1 is 1.18 bits per heavy atom. The minimum atomic E-state index is -0.825. The van der Waals surface area contributed by atoms with Crippen molar-refractivity contribution in [2.24, 2.45) is 0 Å². The molecule has 0 spiro atoms. The Hall–Kier alpha value is -3.40. The Morgan fingerprint density at radius 3 is 2.61 bits per heavy atom. The second kappa shape index (κ2) is 10.7. The van der Waals surface area contributed by atoms with Crippen molar-refractivity contribution in [3.8, 4) is 0 Å². The number of hydrogen-bond acceptors (Lipinski definition) is 9. The number of ether oxygens (including phenoxy) is 3. The summed E-state index contributed by atoms with van der Waals surface area (Å²) in [7, 11) is 1.18. The Morgan fingerprint density at radius 2 is 1.93 bits per heavy atom. The van der Waals surface area contributed by atoms with E-state index >= 15 is 0 Å². The third-order valence-corrected chi connectivity index (χ3v) is 3.96. The largest absolute Gasteiger partial charge is 0.464 e. The molecule has 0 fully saturated rings. The summed E-state index contributed by atoms with van der Waals surface area (Å²) in [4.78, 5) is 39.4. The second-order valence-electron chi connectivity index (χ2n) is 5.14. The SMILES string of the molecule is CCOC(=O)c1csc(N/C=C(\NC(=O)OCc2ccccc2)C(=O)OC)n1. The molecule has 2 rings (SSSR count). The van der Waals surface area contributed by atoms with E-state index in [1.165, 1.54) is 18.7 Å². The predicted octanol–water partition coefficient (Wildman–Crippen LogP) is 2.67. The number of thiazole rings is 1. The standard InChI is InChI=1S/C18H19N3O6S/c1-3-26-16(23)14-11-28-17(20-14)19-9-13(15(22)25-2)21-18(24)27-10-12-7-5-4-6-8-12/h4-9,11H,3,10H2,1-2H3,(H,19,20)(H,21,24)/b13-9-. The van der Waals surface area contributed by atoms with Gasteiger partial charge in [-0.2, -0.15) is 0 Å². The van der Waals surface area contributed by atoms with Gasteiger partial charge in [-0.15, -0.1) is 11.3 Å². The summed E-state index contributed by atoms with van der Waals surface area (Å²) < 4.78 is 14.6. The minimum Gasteiger partial charge on any atom is -0.464 e. The normalized spacial score (nSPS) is 10.7. The lowest BCUT2D eigenvalue weighted by Crippen LogP contribution is -2.29. The summed E-state index contributed by atoms with van der Waals surface area (Å²) >= 11 is 1.13. The van der Waals surface area contributed by atoms with Crippen LogP contribution in [0.4, 0.5) is 9.93 Å². The van der Waals surface area contributed by atoms with E-state index in [2.05, 4.69) is 20.4 Å². The molecule has 1 aromatic carbocycles. The molecule has 10 heteroatoms. The Bertz CT molecular complexity index is 850. The van der Waals surface area contributed by atoms with Crippen LogP contribution in [0.25, 0.3) is 0 Å². The first kappa shape index (κ1) is 20.9. The lowest BCUT2D eigenvalue weighted by Gasteiger charge is -2.09. The number of methoxy groups -OCH3 is 1. The fourth-order valence-electron chi connectivity index (χ4n) is 1.90. The molecule has 0 bridgehead atoms. The van der Waals surface area contributed by atoms with Crippen molar-refractivity contribution in [2.75, 3.05) is 19.0 Å². The maximum atomic E-state index is 11.9. The zero-order valence-electron chi connectivity index (χ0n) is 15.3. The molecule has 1 aromatic heterocycles. The molecular formula is C18H19N3O6S. The first-order chi connectivity index (χ1) is 13.5. The predicted molar refractivity (Wildman–Crippen MR) is 102 cm³/mol. The van der Waals surface area contributed by atoms with E-state index in [-0.39, 0.29) is 24.6 Å². The highest BCUT2D eigenvalue weighted by Gasteiger charge is 2.16. The van der Waals surface area contributed by atoms with Gasteiger partial charge in [0.25, 0.3) is 0 Å². The van der Waals surface area contributed by atoms with Crippen molar-refractivity contribution in [3.05, 3.63) is 58.9 Å². The highest BCUT2D eigenvalue weighted by Crippen LogP contribution is 2.16. The van der Waals surface area contributed by atoms with Crippen LogP contribution in [0.5, 0.6) is 0 Å². The Kier molecular flexibility index (Phi) is 7.97. The molecule has 0 unspecified atom stereocenters. The van der Waals surface area contributed by atoms with Crippen LogP contribution in [-0.2, 0) is 25.6 Å². The molecule has 9 nitrogen and oxygen atoms in total. The number of rotatable bonds is 8. The molecule has 148 valence electrons. The van der Waals surface area contributed by atoms with Crippen LogP contribution in [-0.4, -0.2) is 36.7 Å². The van der Waals surface area contributed by atoms with Gasteiger partial charge >= 0.3 is 18.0 Å². The lowest BCUT2D eigenvalue weighted by molar-refractivity contribution is -0.136. The highest BCUT2D eigenvalue weighted by atomic mass is 32.1. The summed E-state index contributed by atoms with van der Waals surface area (Å²) in [6.07, 6.45) is 0.372. The van der Waals surface area contributed by atoms with Gasteiger partial charge in [0.05, 0.1) is 13.7 Å². The maximum absolute atomic E-state index is 11.9. The van der Waals surface area contributed by atoms with Crippen molar-refractivity contribution in [2.45, 2.75) is 13.5 Å². The molecule has 0 aliphatic rings. The average Bonchev–Trinajstić information content (AvgIpc) is 3.19. The molecule has 0 aliphatic carbocycles. The molecule has 0 radical (unpaired) electrons. The maximum Gasteiger partial charge on any atom is 0.412 e. The molecule has 0 saturated heterocycles. The van der Waals surface area contributed by atoms with Crippen LogP contribution in [0.15, 0.2) is 47.6 Å². The van der Waals surface area contributed by atoms with Crippen molar-refractivity contribution < 1.29 is 28.6 Å². The van der Waals surface area contributed by atoms with Crippen LogP contribution in [0.1, 0.15) is 23.0 Å². The Balaban J connectivity index is 1.97. The first-order valence-electron chi connectivity index (χ1n) is 8.18. The van der Waals surface area contributed by atoms with Crippen LogP contribution in [0.3, 0.4) is 0 Å². The number of benzene rings is 1. The second-order valence-corrected chi connectivity index (χ2v) is 6.00. The van der Waals surface area contributed by atoms with Crippen LogP contribution < -0.4 is 10.6 Å². The molecule has 0 saturated carbocycles. The van der Waals surface area contributed by atoms with Gasteiger partial charge in [-0.3, -0.25) is 5.32 Å². The number of carbonyl (C=O) groups excluding carboxylic acids is 3. The minimum absolute atomic E-state index is 0.0456. The molecule has 1 amide bonds. The average molecular weight is 405 g/mol. The van der Waals surface area contributed by atoms with Gasteiger partial charge in [-0.05, 0) is 12.5 Å². The van der Waals surface area contributed by atoms with Gasteiger partial charge in [0.2, 0.25) is 0 Å². The topological polar surface area (TPSA) is 116 Å². The zero-order chi connectivity index (χ0) is 20.4. The van der Waals surface area contributed by atoms with Gasteiger partial charge in [-0.25, -0.2) is 19.4 Å². The van der Waals surface area contributed by atoms with E-state index in [4.69, 9.17) is 9.47 Å². The van der Waals surface area contributed by atoms with Crippen LogP contribution in [0, 0.1) is 0 Å². The van der Waals surface area contributed by atoms with E-state index in [0.717, 1.165) is 16.9 Å². The van der Waals surface area contributed by atoms with E-state index in [9.17, 15) is 14.4 Å². The highest BCUT2D eigenvalue weighted by molar-refractivity contribution is 7.13. The third-order valence-electron chi connectivity index (χ3n) is 3.18. The van der Waals surface area contributed by atoms with Crippen LogP contribution >= 0.6 is 11.3 Å². The Labute approximate surface area is 165 Å². The van der Waals surface area contributed by atoms with Gasteiger partial charge in [0.1, 0.15) is 12.3 Å². The quantitative estimate of drug-likeness (QED) is 0.391. The lowest BCUT2D eigenvalue weighted by atomic mass is 10.2. The molecule has 0 atom stereocenters. The molecule has 28 heavy (non-hydrogen) atoms. The van der Waals surface area contributed by atoms with E-state index in [1.54, 1.807) is 19.1 Å². The van der Waals surface area contributed by atoms with E-state index in [0.29, 0.717) is 5.13 Å². The van der Waals surface area contributed by atoms with Gasteiger partial charge in [0.15, 0.2) is 10.8 Å².